The average molecular weight is 166 g/mol. The molecule has 2 N–H and O–H groups in total. The minimum absolute atomic E-state index is 0.0323. The Morgan fingerprint density at radius 3 is 3.33 bits per heavy atom. The van der Waals surface area contributed by atoms with Crippen LogP contribution in [0.1, 0.15) is 6.42 Å². The molecule has 0 saturated carbocycles. The van der Waals surface area contributed by atoms with E-state index in [1.165, 1.54) is 0 Å². The minimum atomic E-state index is 0.0323. The van der Waals surface area contributed by atoms with Crippen LogP contribution in [0.2, 0.25) is 0 Å². The summed E-state index contributed by atoms with van der Waals surface area (Å²) in [4.78, 5) is 15.2. The third kappa shape index (κ3) is 1.03. The first kappa shape index (κ1) is 7.15. The Morgan fingerprint density at radius 1 is 1.67 bits per heavy atom. The van der Waals surface area contributed by atoms with Crippen LogP contribution in [0.15, 0.2) is 6.33 Å². The third-order valence-corrected chi connectivity index (χ3v) is 1.84. The van der Waals surface area contributed by atoms with E-state index in [0.29, 0.717) is 13.0 Å². The van der Waals surface area contributed by atoms with Crippen LogP contribution in [-0.2, 0) is 11.8 Å². The summed E-state index contributed by atoms with van der Waals surface area (Å²) < 4.78 is 1.78. The predicted octanol–water partition coefficient (Wildman–Crippen LogP) is 0.174. The molecule has 2 rings (SSSR count). The third-order valence-electron chi connectivity index (χ3n) is 1.84. The van der Waals surface area contributed by atoms with Crippen molar-refractivity contribution in [2.24, 2.45) is 7.05 Å². The van der Waals surface area contributed by atoms with Crippen molar-refractivity contribution >= 4 is 17.5 Å². The molecule has 0 radical (unpaired) electrons. The first-order valence-corrected chi connectivity index (χ1v) is 3.82. The van der Waals surface area contributed by atoms with Crippen LogP contribution in [0, 0.1) is 0 Å². The molecule has 0 fully saturated rings. The van der Waals surface area contributed by atoms with Gasteiger partial charge in [0.1, 0.15) is 0 Å². The van der Waals surface area contributed by atoms with E-state index in [1.54, 1.807) is 10.9 Å². The van der Waals surface area contributed by atoms with Gasteiger partial charge in [0, 0.05) is 20.0 Å². The molecule has 1 aliphatic heterocycles. The maximum absolute atomic E-state index is 11.1. The van der Waals surface area contributed by atoms with Crippen LogP contribution >= 0.6 is 0 Å². The van der Waals surface area contributed by atoms with Gasteiger partial charge in [0.2, 0.25) is 5.91 Å². The summed E-state index contributed by atoms with van der Waals surface area (Å²) in [6.07, 6.45) is 2.17. The molecule has 12 heavy (non-hydrogen) atoms. The van der Waals surface area contributed by atoms with Crippen LogP contribution < -0.4 is 10.6 Å². The number of aromatic nitrogens is 2. The largest absolute Gasteiger partial charge is 0.366 e. The smallest absolute Gasteiger partial charge is 0.227 e. The van der Waals surface area contributed by atoms with E-state index in [9.17, 15) is 4.79 Å². The molecular weight excluding hydrogens is 156 g/mol. The summed E-state index contributed by atoms with van der Waals surface area (Å²) in [6.45, 7) is 0.649. The molecule has 0 aromatic carbocycles. The number of carbonyl (C=O) groups is 1. The number of aryl methyl sites for hydroxylation is 1. The Balaban J connectivity index is 2.40. The standard InChI is InChI=1S/C7H10N4O/c1-11-4-9-6-7(11)10-5(12)2-3-8-6/h4,8H,2-3H2,1H3,(H,10,12). The van der Waals surface area contributed by atoms with Gasteiger partial charge in [0.05, 0.1) is 6.33 Å². The lowest BCUT2D eigenvalue weighted by atomic mass is 10.4. The van der Waals surface area contributed by atoms with Gasteiger partial charge in [-0.2, -0.15) is 0 Å². The summed E-state index contributed by atoms with van der Waals surface area (Å²) >= 11 is 0. The van der Waals surface area contributed by atoms with Crippen LogP contribution in [0.3, 0.4) is 0 Å². The SMILES string of the molecule is Cn1cnc2c1NC(=O)CCN2. The molecule has 0 unspecified atom stereocenters. The van der Waals surface area contributed by atoms with E-state index < -0.39 is 0 Å². The fraction of sp³-hybridized carbons (Fsp3) is 0.429. The molecule has 5 heteroatoms. The van der Waals surface area contributed by atoms with E-state index in [4.69, 9.17) is 0 Å². The summed E-state index contributed by atoms with van der Waals surface area (Å²) in [7, 11) is 1.85. The van der Waals surface area contributed by atoms with Crippen LogP contribution in [0.25, 0.3) is 0 Å². The van der Waals surface area contributed by atoms with Crippen molar-refractivity contribution in [2.75, 3.05) is 17.2 Å². The number of imidazole rings is 1. The Morgan fingerprint density at radius 2 is 2.50 bits per heavy atom. The number of hydrogen-bond donors (Lipinski definition) is 2. The number of nitrogens with one attached hydrogen (secondary N) is 2. The zero-order valence-electron chi connectivity index (χ0n) is 6.79. The van der Waals surface area contributed by atoms with Gasteiger partial charge < -0.3 is 15.2 Å². The van der Waals surface area contributed by atoms with Gasteiger partial charge in [-0.05, 0) is 0 Å². The molecule has 2 heterocycles. The fourth-order valence-corrected chi connectivity index (χ4v) is 1.20. The molecule has 0 bridgehead atoms. The molecule has 0 atom stereocenters. The van der Waals surface area contributed by atoms with E-state index in [1.807, 2.05) is 7.05 Å². The predicted molar refractivity (Wildman–Crippen MR) is 44.9 cm³/mol. The highest BCUT2D eigenvalue weighted by molar-refractivity contribution is 5.94. The highest BCUT2D eigenvalue weighted by Gasteiger charge is 2.15. The maximum atomic E-state index is 11.1. The van der Waals surface area contributed by atoms with Gasteiger partial charge in [-0.3, -0.25) is 4.79 Å². The summed E-state index contributed by atoms with van der Waals surface area (Å²) in [5.41, 5.74) is 0. The molecule has 1 aromatic rings. The first-order chi connectivity index (χ1) is 5.77. The van der Waals surface area contributed by atoms with E-state index >= 15 is 0 Å². The Bertz CT molecular complexity index is 317. The van der Waals surface area contributed by atoms with E-state index in [0.717, 1.165) is 11.6 Å². The molecular formula is C7H10N4O. The Labute approximate surface area is 69.8 Å². The van der Waals surface area contributed by atoms with Gasteiger partial charge in [-0.25, -0.2) is 4.98 Å². The summed E-state index contributed by atoms with van der Waals surface area (Å²) in [6, 6.07) is 0. The molecule has 1 aromatic heterocycles. The average Bonchev–Trinajstić information content (AvgIpc) is 2.31. The van der Waals surface area contributed by atoms with Crippen molar-refractivity contribution < 1.29 is 4.79 Å². The lowest BCUT2D eigenvalue weighted by Gasteiger charge is -2.01. The summed E-state index contributed by atoms with van der Waals surface area (Å²) in [5.74, 6) is 1.53. The second-order valence-corrected chi connectivity index (χ2v) is 2.78. The van der Waals surface area contributed by atoms with Crippen molar-refractivity contribution in [3.05, 3.63) is 6.33 Å². The lowest BCUT2D eigenvalue weighted by molar-refractivity contribution is -0.115. The van der Waals surface area contributed by atoms with Crippen molar-refractivity contribution in [3.63, 3.8) is 0 Å². The van der Waals surface area contributed by atoms with Crippen molar-refractivity contribution in [1.82, 2.24) is 9.55 Å². The molecule has 64 valence electrons. The van der Waals surface area contributed by atoms with E-state index in [-0.39, 0.29) is 5.91 Å². The lowest BCUT2D eigenvalue weighted by Crippen LogP contribution is -2.13. The van der Waals surface area contributed by atoms with Gasteiger partial charge in [-0.15, -0.1) is 0 Å². The maximum Gasteiger partial charge on any atom is 0.227 e. The Kier molecular flexibility index (Phi) is 1.49. The highest BCUT2D eigenvalue weighted by atomic mass is 16.1. The number of amides is 1. The molecule has 5 nitrogen and oxygen atoms in total. The zero-order chi connectivity index (χ0) is 8.55. The number of anilines is 2. The van der Waals surface area contributed by atoms with E-state index in [2.05, 4.69) is 15.6 Å². The number of rotatable bonds is 0. The monoisotopic (exact) mass is 166 g/mol. The number of nitrogens with zero attached hydrogens (tertiary/aromatic N) is 2. The fourth-order valence-electron chi connectivity index (χ4n) is 1.20. The normalized spacial score (nSPS) is 15.9. The van der Waals surface area contributed by atoms with Crippen molar-refractivity contribution in [3.8, 4) is 0 Å². The van der Waals surface area contributed by atoms with Gasteiger partial charge in [-0.1, -0.05) is 0 Å². The summed E-state index contributed by atoms with van der Waals surface area (Å²) in [5, 5.41) is 5.83. The number of hydrogen-bond acceptors (Lipinski definition) is 3. The Hall–Kier alpha value is -1.52. The second-order valence-electron chi connectivity index (χ2n) is 2.78. The van der Waals surface area contributed by atoms with Crippen LogP contribution in [0.5, 0.6) is 0 Å². The van der Waals surface area contributed by atoms with Crippen LogP contribution in [-0.4, -0.2) is 22.0 Å². The van der Waals surface area contributed by atoms with Crippen LogP contribution in [0.4, 0.5) is 11.6 Å². The molecule has 0 spiro atoms. The first-order valence-electron chi connectivity index (χ1n) is 3.82. The quantitative estimate of drug-likeness (QED) is 0.577. The van der Waals surface area contributed by atoms with Gasteiger partial charge in [0.15, 0.2) is 11.6 Å². The number of carbonyl (C=O) groups excluding carboxylic acids is 1. The highest BCUT2D eigenvalue weighted by Crippen LogP contribution is 2.20. The van der Waals surface area contributed by atoms with Crippen molar-refractivity contribution in [1.29, 1.82) is 0 Å². The topological polar surface area (TPSA) is 59.0 Å². The minimum Gasteiger partial charge on any atom is -0.366 e. The molecule has 1 aliphatic rings. The molecule has 1 amide bonds. The second kappa shape index (κ2) is 2.51. The number of fused-ring (bicyclic) bond motifs is 1. The van der Waals surface area contributed by atoms with Gasteiger partial charge in [0.25, 0.3) is 0 Å². The van der Waals surface area contributed by atoms with Crippen molar-refractivity contribution in [2.45, 2.75) is 6.42 Å². The molecule has 0 saturated heterocycles. The van der Waals surface area contributed by atoms with Gasteiger partial charge >= 0.3 is 0 Å². The zero-order valence-corrected chi connectivity index (χ0v) is 6.79. The molecule has 0 aliphatic carbocycles.